The van der Waals surface area contributed by atoms with Crippen molar-refractivity contribution in [3.05, 3.63) is 101 Å². The Hall–Kier alpha value is -3.10. The monoisotopic (exact) mass is 637 g/mol. The summed E-state index contributed by atoms with van der Waals surface area (Å²) in [5.41, 5.74) is 0.937. The first kappa shape index (κ1) is 24.5. The van der Waals surface area contributed by atoms with Crippen molar-refractivity contribution in [1.82, 2.24) is 0 Å². The normalized spacial score (nSPS) is 11.0. The zero-order chi connectivity index (χ0) is 24.0. The molecule has 0 N–H and O–H groups in total. The quantitative estimate of drug-likeness (QED) is 0.0603. The molecule has 0 saturated heterocycles. The Bertz CT molecular complexity index is 1230. The summed E-state index contributed by atoms with van der Waals surface area (Å²) in [6.45, 7) is 0. The summed E-state index contributed by atoms with van der Waals surface area (Å²) in [5, 5.41) is 32.6. The van der Waals surface area contributed by atoms with Crippen LogP contribution in [-0.2, 0) is 5.32 Å². The van der Waals surface area contributed by atoms with E-state index in [4.69, 9.17) is 0 Å². The molecule has 33 heavy (non-hydrogen) atoms. The van der Waals surface area contributed by atoms with Crippen LogP contribution >= 0.6 is 31.9 Å². The summed E-state index contributed by atoms with van der Waals surface area (Å²) in [7, 11) is 0. The number of halogens is 2. The van der Waals surface area contributed by atoms with Crippen LogP contribution in [0.25, 0.3) is 0 Å². The van der Waals surface area contributed by atoms with Gasteiger partial charge in [0.25, 0.3) is 0 Å². The van der Waals surface area contributed by atoms with Crippen LogP contribution in [0.15, 0.2) is 80.7 Å². The minimum absolute atomic E-state index is 0.263. The molecule has 12 heteroatoms. The van der Waals surface area contributed by atoms with Gasteiger partial charge in [0.2, 0.25) is 0 Å². The molecular formula is C21H13Br2N5O4Se. The number of hydrogen-bond acceptors (Lipinski definition) is 6. The van der Waals surface area contributed by atoms with E-state index >= 15 is 0 Å². The SMILES string of the molecule is N#CN(C(=Nc1ccc(Br)cc1)[Se]Cc1cc([N+](=O)[O-])cc([N+](=O)[O-])c1)c1ccc(Br)cc1. The Balaban J connectivity index is 1.99. The predicted molar refractivity (Wildman–Crippen MR) is 133 cm³/mol. The van der Waals surface area contributed by atoms with Crippen molar-refractivity contribution in [2.45, 2.75) is 5.32 Å². The van der Waals surface area contributed by atoms with Crippen LogP contribution in [0.4, 0.5) is 22.7 Å². The number of nitrogens with zero attached hydrogens (tertiary/aromatic N) is 5. The Morgan fingerprint density at radius 3 is 1.94 bits per heavy atom. The van der Waals surface area contributed by atoms with E-state index in [0.29, 0.717) is 21.7 Å². The number of rotatable bonds is 7. The first-order valence-corrected chi connectivity index (χ1v) is 12.8. The van der Waals surface area contributed by atoms with Crippen molar-refractivity contribution in [3.8, 4) is 6.19 Å². The predicted octanol–water partition coefficient (Wildman–Crippen LogP) is 5.91. The van der Waals surface area contributed by atoms with Gasteiger partial charge in [-0.05, 0) is 0 Å². The van der Waals surface area contributed by atoms with Gasteiger partial charge >= 0.3 is 212 Å². The Kier molecular flexibility index (Phi) is 8.30. The average molecular weight is 638 g/mol. The molecule has 166 valence electrons. The van der Waals surface area contributed by atoms with Crippen molar-refractivity contribution in [1.29, 1.82) is 5.26 Å². The number of nitro benzene ring substituents is 2. The van der Waals surface area contributed by atoms with Gasteiger partial charge < -0.3 is 0 Å². The van der Waals surface area contributed by atoms with Gasteiger partial charge in [-0.2, -0.15) is 0 Å². The topological polar surface area (TPSA) is 126 Å². The van der Waals surface area contributed by atoms with Gasteiger partial charge in [-0.25, -0.2) is 0 Å². The fourth-order valence-electron chi connectivity index (χ4n) is 2.67. The summed E-state index contributed by atoms with van der Waals surface area (Å²) in [6, 6.07) is 17.9. The molecule has 0 heterocycles. The van der Waals surface area contributed by atoms with Crippen LogP contribution in [0.5, 0.6) is 0 Å². The molecule has 0 fully saturated rings. The molecule has 0 radical (unpaired) electrons. The summed E-state index contributed by atoms with van der Waals surface area (Å²) in [6.07, 6.45) is 2.14. The fraction of sp³-hybridized carbons (Fsp3) is 0.0476. The molecular weight excluding hydrogens is 625 g/mol. The molecule has 0 unspecified atom stereocenters. The van der Waals surface area contributed by atoms with Crippen molar-refractivity contribution in [2.24, 2.45) is 4.99 Å². The summed E-state index contributed by atoms with van der Waals surface area (Å²) >= 11 is 6.26. The van der Waals surface area contributed by atoms with Crippen LogP contribution in [0.2, 0.25) is 0 Å². The second kappa shape index (κ2) is 11.2. The second-order valence-electron chi connectivity index (χ2n) is 6.44. The van der Waals surface area contributed by atoms with E-state index in [2.05, 4.69) is 43.0 Å². The summed E-state index contributed by atoms with van der Waals surface area (Å²) < 4.78 is 2.18. The molecule has 0 bridgehead atoms. The van der Waals surface area contributed by atoms with Crippen LogP contribution in [0, 0.1) is 31.7 Å². The molecule has 0 aliphatic heterocycles. The third-order valence-electron chi connectivity index (χ3n) is 4.18. The Morgan fingerprint density at radius 1 is 0.939 bits per heavy atom. The third-order valence-corrected chi connectivity index (χ3v) is 7.36. The summed E-state index contributed by atoms with van der Waals surface area (Å²) in [5.74, 6) is 0. The number of benzene rings is 3. The van der Waals surface area contributed by atoms with Gasteiger partial charge in [-0.1, -0.05) is 0 Å². The van der Waals surface area contributed by atoms with E-state index in [1.54, 1.807) is 36.4 Å². The van der Waals surface area contributed by atoms with Crippen molar-refractivity contribution in [3.63, 3.8) is 0 Å². The maximum absolute atomic E-state index is 11.2. The Labute approximate surface area is 211 Å². The number of hydrogen-bond donors (Lipinski definition) is 0. The number of amidine groups is 1. The average Bonchev–Trinajstić information content (AvgIpc) is 2.80. The van der Waals surface area contributed by atoms with E-state index in [1.165, 1.54) is 17.0 Å². The van der Waals surface area contributed by atoms with Crippen molar-refractivity contribution < 1.29 is 9.85 Å². The Morgan fingerprint density at radius 2 is 1.45 bits per heavy atom. The zero-order valence-corrected chi connectivity index (χ0v) is 21.5. The molecule has 3 aromatic carbocycles. The number of non-ortho nitro benzene ring substituents is 2. The standard InChI is InChI=1S/C21H13Br2N5O4Se/c22-15-1-5-17(6-2-15)25-21(26(13-24)18-7-3-16(23)4-8-18)33-12-14-9-19(27(29)30)11-20(10-14)28(31)32/h1-11H,12H2. The van der Waals surface area contributed by atoms with Crippen molar-refractivity contribution >= 4 is 74.3 Å². The van der Waals surface area contributed by atoms with Gasteiger partial charge in [-0.3, -0.25) is 0 Å². The molecule has 0 aliphatic carbocycles. The molecule has 0 aliphatic rings. The zero-order valence-electron chi connectivity index (χ0n) is 16.6. The molecule has 3 rings (SSSR count). The second-order valence-corrected chi connectivity index (χ2v) is 10.3. The summed E-state index contributed by atoms with van der Waals surface area (Å²) in [4.78, 5) is 27.1. The van der Waals surface area contributed by atoms with Gasteiger partial charge in [0.1, 0.15) is 0 Å². The van der Waals surface area contributed by atoms with E-state index < -0.39 is 24.8 Å². The van der Waals surface area contributed by atoms with Gasteiger partial charge in [0.05, 0.1) is 0 Å². The molecule has 0 atom stereocenters. The molecule has 0 saturated carbocycles. The van der Waals surface area contributed by atoms with E-state index in [0.717, 1.165) is 15.0 Å². The van der Waals surface area contributed by atoms with Crippen LogP contribution in [-0.4, -0.2) is 29.5 Å². The molecule has 0 aromatic heterocycles. The van der Waals surface area contributed by atoms with E-state index in [1.807, 2.05) is 12.1 Å². The van der Waals surface area contributed by atoms with E-state index in [-0.39, 0.29) is 16.7 Å². The molecule has 9 nitrogen and oxygen atoms in total. The number of nitriles is 1. The maximum atomic E-state index is 11.2. The number of aliphatic imine (C=N–C) groups is 1. The van der Waals surface area contributed by atoms with E-state index in [9.17, 15) is 25.5 Å². The van der Waals surface area contributed by atoms with Gasteiger partial charge in [-0.15, -0.1) is 0 Å². The first-order chi connectivity index (χ1) is 15.8. The van der Waals surface area contributed by atoms with Crippen LogP contribution < -0.4 is 4.90 Å². The van der Waals surface area contributed by atoms with Gasteiger partial charge in [0.15, 0.2) is 0 Å². The molecule has 0 spiro atoms. The first-order valence-electron chi connectivity index (χ1n) is 9.12. The van der Waals surface area contributed by atoms with Crippen LogP contribution in [0.1, 0.15) is 5.56 Å². The van der Waals surface area contributed by atoms with Gasteiger partial charge in [0, 0.05) is 0 Å². The van der Waals surface area contributed by atoms with Crippen molar-refractivity contribution in [2.75, 3.05) is 4.90 Å². The number of nitro groups is 2. The third kappa shape index (κ3) is 6.69. The fourth-order valence-corrected chi connectivity index (χ4v) is 5.11. The minimum atomic E-state index is -0.663. The molecule has 3 aromatic rings. The number of anilines is 1. The van der Waals surface area contributed by atoms with Crippen LogP contribution in [0.3, 0.4) is 0 Å². The molecule has 0 amide bonds.